The highest BCUT2D eigenvalue weighted by Gasteiger charge is 2.48. The van der Waals surface area contributed by atoms with Crippen LogP contribution in [-0.4, -0.2) is 37.8 Å². The number of thiazole rings is 1. The molecule has 1 fully saturated rings. The Hall–Kier alpha value is -3.98. The zero-order valence-electron chi connectivity index (χ0n) is 20.8. The normalized spacial score (nSPS) is 17.1. The molecule has 0 saturated carbocycles. The van der Waals surface area contributed by atoms with E-state index in [4.69, 9.17) is 4.74 Å². The van der Waals surface area contributed by atoms with Crippen molar-refractivity contribution < 1.29 is 19.4 Å². The second-order valence-electron chi connectivity index (χ2n) is 8.94. The van der Waals surface area contributed by atoms with Gasteiger partial charge in [-0.25, -0.2) is 9.97 Å². The number of carbonyl (C=O) groups excluding carboxylic acids is 2. The Morgan fingerprint density at radius 1 is 1.11 bits per heavy atom. The summed E-state index contributed by atoms with van der Waals surface area (Å²) in [5, 5.41) is 13.7. The number of hydrogen-bond acceptors (Lipinski definition) is 7. The average molecular weight is 517 g/mol. The number of aromatic nitrogens is 3. The number of carbonyl (C=O) groups is 2. The molecular weight excluding hydrogens is 488 g/mol. The fourth-order valence-electron chi connectivity index (χ4n) is 4.67. The molecule has 4 heterocycles. The molecular formula is C28H28N4O4S. The summed E-state index contributed by atoms with van der Waals surface area (Å²) in [6.07, 6.45) is 7.81. The Balaban J connectivity index is 1.57. The maximum atomic E-state index is 13.4. The molecule has 0 bridgehead atoms. The standard InChI is InChI=1S/C28H28N4O4S/c1-3-4-5-8-16-36-20-12-10-19(11-13-20)24-22(26(34)27(35)32(24)28-29-14-17-37-28)25(33)23-18(2)30-21-9-6-7-15-31(21)23/h6-7,9-15,17,24,33H,3-5,8,16H2,1-2H3/b25-22+. The predicted molar refractivity (Wildman–Crippen MR) is 143 cm³/mol. The molecule has 1 aliphatic rings. The van der Waals surface area contributed by atoms with Crippen molar-refractivity contribution in [2.75, 3.05) is 11.5 Å². The SMILES string of the molecule is CCCCCCOc1ccc(C2/C(=C(\O)c3c(C)nc4ccccn34)C(=O)C(=O)N2c2nccs2)cc1. The van der Waals surface area contributed by atoms with Gasteiger partial charge in [-0.3, -0.25) is 18.9 Å². The van der Waals surface area contributed by atoms with Crippen molar-refractivity contribution in [3.63, 3.8) is 0 Å². The van der Waals surface area contributed by atoms with E-state index < -0.39 is 17.7 Å². The number of benzene rings is 1. The number of fused-ring (bicyclic) bond motifs is 1. The zero-order valence-corrected chi connectivity index (χ0v) is 21.6. The fourth-order valence-corrected chi connectivity index (χ4v) is 5.34. The van der Waals surface area contributed by atoms with Crippen molar-refractivity contribution >= 4 is 39.6 Å². The third-order valence-electron chi connectivity index (χ3n) is 6.46. The molecule has 1 N–H and O–H groups in total. The Bertz CT molecular complexity index is 1460. The number of rotatable bonds is 9. The van der Waals surface area contributed by atoms with E-state index in [0.717, 1.165) is 12.8 Å². The molecule has 1 aliphatic heterocycles. The van der Waals surface area contributed by atoms with Crippen LogP contribution < -0.4 is 9.64 Å². The van der Waals surface area contributed by atoms with E-state index in [-0.39, 0.29) is 11.3 Å². The summed E-state index contributed by atoms with van der Waals surface area (Å²) in [6, 6.07) is 11.9. The minimum Gasteiger partial charge on any atom is -0.505 e. The van der Waals surface area contributed by atoms with Gasteiger partial charge >= 0.3 is 5.91 Å². The first-order valence-corrected chi connectivity index (χ1v) is 13.3. The molecule has 4 aromatic rings. The Kier molecular flexibility index (Phi) is 7.05. The number of ketones is 1. The van der Waals surface area contributed by atoms with E-state index in [9.17, 15) is 14.7 Å². The van der Waals surface area contributed by atoms with Crippen LogP contribution in [0.1, 0.15) is 55.6 Å². The number of pyridine rings is 1. The molecule has 3 aromatic heterocycles. The summed E-state index contributed by atoms with van der Waals surface area (Å²) in [7, 11) is 0. The average Bonchev–Trinajstić information content (AvgIpc) is 3.61. The number of ether oxygens (including phenoxy) is 1. The second kappa shape index (κ2) is 10.6. The van der Waals surface area contributed by atoms with Crippen LogP contribution in [0.3, 0.4) is 0 Å². The van der Waals surface area contributed by atoms with E-state index in [1.165, 1.54) is 29.1 Å². The van der Waals surface area contributed by atoms with Crippen molar-refractivity contribution in [1.29, 1.82) is 0 Å². The molecule has 190 valence electrons. The number of amides is 1. The minimum absolute atomic E-state index is 0.00203. The molecule has 0 aliphatic carbocycles. The number of hydrogen-bond donors (Lipinski definition) is 1. The van der Waals surface area contributed by atoms with E-state index >= 15 is 0 Å². The Morgan fingerprint density at radius 3 is 2.65 bits per heavy atom. The molecule has 1 unspecified atom stereocenters. The van der Waals surface area contributed by atoms with E-state index in [2.05, 4.69) is 16.9 Å². The summed E-state index contributed by atoms with van der Waals surface area (Å²) in [6.45, 7) is 4.56. The number of aryl methyl sites for hydroxylation is 1. The third-order valence-corrected chi connectivity index (χ3v) is 7.23. The van der Waals surface area contributed by atoms with Gasteiger partial charge in [0, 0.05) is 17.8 Å². The molecule has 5 rings (SSSR count). The first kappa shape index (κ1) is 24.7. The van der Waals surface area contributed by atoms with Gasteiger partial charge in [-0.05, 0) is 43.2 Å². The summed E-state index contributed by atoms with van der Waals surface area (Å²) in [5.41, 5.74) is 2.23. The molecule has 8 nitrogen and oxygen atoms in total. The van der Waals surface area contributed by atoms with Gasteiger partial charge in [-0.1, -0.05) is 44.4 Å². The van der Waals surface area contributed by atoms with Crippen molar-refractivity contribution in [1.82, 2.24) is 14.4 Å². The van der Waals surface area contributed by atoms with Gasteiger partial charge in [0.05, 0.1) is 23.9 Å². The van der Waals surface area contributed by atoms with Crippen LogP contribution in [-0.2, 0) is 9.59 Å². The van der Waals surface area contributed by atoms with Crippen LogP contribution >= 0.6 is 11.3 Å². The van der Waals surface area contributed by atoms with Crippen LogP contribution in [0, 0.1) is 6.92 Å². The summed E-state index contributed by atoms with van der Waals surface area (Å²) >= 11 is 1.26. The lowest BCUT2D eigenvalue weighted by Gasteiger charge is -2.23. The molecule has 9 heteroatoms. The topological polar surface area (TPSA) is 97.0 Å². The van der Waals surface area contributed by atoms with Gasteiger partial charge in [0.2, 0.25) is 0 Å². The summed E-state index contributed by atoms with van der Waals surface area (Å²) < 4.78 is 7.59. The highest BCUT2D eigenvalue weighted by Crippen LogP contribution is 2.43. The minimum atomic E-state index is -0.849. The summed E-state index contributed by atoms with van der Waals surface area (Å²) in [5.74, 6) is -1.05. The largest absolute Gasteiger partial charge is 0.505 e. The number of nitrogens with zero attached hydrogens (tertiary/aromatic N) is 4. The molecule has 1 aromatic carbocycles. The van der Waals surface area contributed by atoms with E-state index in [1.54, 1.807) is 29.1 Å². The Morgan fingerprint density at radius 2 is 1.92 bits per heavy atom. The van der Waals surface area contributed by atoms with Gasteiger partial charge in [0.25, 0.3) is 5.78 Å². The molecule has 0 spiro atoms. The van der Waals surface area contributed by atoms with Gasteiger partial charge < -0.3 is 9.84 Å². The summed E-state index contributed by atoms with van der Waals surface area (Å²) in [4.78, 5) is 36.8. The number of aliphatic hydroxyl groups excluding tert-OH is 1. The van der Waals surface area contributed by atoms with Crippen molar-refractivity contribution in [2.24, 2.45) is 0 Å². The first-order chi connectivity index (χ1) is 18.0. The van der Waals surface area contributed by atoms with Crippen molar-refractivity contribution in [2.45, 2.75) is 45.6 Å². The predicted octanol–water partition coefficient (Wildman–Crippen LogP) is 5.68. The van der Waals surface area contributed by atoms with Crippen molar-refractivity contribution in [3.8, 4) is 5.75 Å². The van der Waals surface area contributed by atoms with Gasteiger partial charge in [-0.15, -0.1) is 11.3 Å². The number of imidazole rings is 1. The molecule has 37 heavy (non-hydrogen) atoms. The second-order valence-corrected chi connectivity index (χ2v) is 9.81. The van der Waals surface area contributed by atoms with Crippen LogP contribution in [0.2, 0.25) is 0 Å². The number of aliphatic hydroxyl groups is 1. The molecule has 1 saturated heterocycles. The van der Waals surface area contributed by atoms with Crippen LogP contribution in [0.5, 0.6) is 5.75 Å². The highest BCUT2D eigenvalue weighted by atomic mass is 32.1. The number of anilines is 1. The maximum Gasteiger partial charge on any atom is 0.301 e. The first-order valence-electron chi connectivity index (χ1n) is 12.4. The highest BCUT2D eigenvalue weighted by molar-refractivity contribution is 7.14. The lowest BCUT2D eigenvalue weighted by molar-refractivity contribution is -0.132. The smallest absolute Gasteiger partial charge is 0.301 e. The van der Waals surface area contributed by atoms with Gasteiger partial charge in [-0.2, -0.15) is 0 Å². The monoisotopic (exact) mass is 516 g/mol. The van der Waals surface area contributed by atoms with Crippen LogP contribution in [0.15, 0.2) is 65.8 Å². The molecule has 1 amide bonds. The quantitative estimate of drug-likeness (QED) is 0.133. The lowest BCUT2D eigenvalue weighted by atomic mass is 9.96. The zero-order chi connectivity index (χ0) is 25.9. The third kappa shape index (κ3) is 4.62. The number of unbranched alkanes of at least 4 members (excludes halogenated alkanes) is 3. The fraction of sp³-hybridized carbons (Fsp3) is 0.286. The Labute approximate surface area is 218 Å². The van der Waals surface area contributed by atoms with Crippen LogP contribution in [0.25, 0.3) is 11.4 Å². The van der Waals surface area contributed by atoms with E-state index in [1.807, 2.05) is 42.5 Å². The van der Waals surface area contributed by atoms with Crippen LogP contribution in [0.4, 0.5) is 5.13 Å². The van der Waals surface area contributed by atoms with Crippen molar-refractivity contribution in [3.05, 3.63) is 82.8 Å². The molecule has 0 radical (unpaired) electrons. The van der Waals surface area contributed by atoms with Gasteiger partial charge in [0.15, 0.2) is 10.9 Å². The van der Waals surface area contributed by atoms with E-state index in [0.29, 0.717) is 40.1 Å². The van der Waals surface area contributed by atoms with Gasteiger partial charge in [0.1, 0.15) is 17.1 Å². The lowest BCUT2D eigenvalue weighted by Crippen LogP contribution is -2.29. The molecule has 1 atom stereocenters. The maximum absolute atomic E-state index is 13.4. The number of Topliss-reactive ketones (excluding diaryl/α,β-unsaturated/α-hetero) is 1.